The van der Waals surface area contributed by atoms with Crippen molar-refractivity contribution in [2.75, 3.05) is 14.2 Å². The molecule has 1 N–H and O–H groups in total. The summed E-state index contributed by atoms with van der Waals surface area (Å²) in [5.74, 6) is 0.914. The molecule has 0 aromatic heterocycles. The van der Waals surface area contributed by atoms with E-state index in [1.54, 1.807) is 37.5 Å². The first-order chi connectivity index (χ1) is 12.5. The summed E-state index contributed by atoms with van der Waals surface area (Å²) in [6, 6.07) is 10.6. The summed E-state index contributed by atoms with van der Waals surface area (Å²) < 4.78 is 10.2. The molecule has 0 spiro atoms. The van der Waals surface area contributed by atoms with Crippen LogP contribution in [0.2, 0.25) is 10.0 Å². The fraction of sp³-hybridized carbons (Fsp3) is 0.111. The molecule has 0 saturated carbocycles. The Morgan fingerprint density at radius 2 is 1.73 bits per heavy atom. The molecule has 1 saturated heterocycles. The number of amides is 1. The van der Waals surface area contributed by atoms with Gasteiger partial charge >= 0.3 is 0 Å². The van der Waals surface area contributed by atoms with Crippen molar-refractivity contribution in [2.24, 2.45) is 4.99 Å². The van der Waals surface area contributed by atoms with E-state index in [0.717, 1.165) is 5.75 Å². The van der Waals surface area contributed by atoms with Gasteiger partial charge in [-0.05, 0) is 59.8 Å². The zero-order chi connectivity index (χ0) is 18.7. The van der Waals surface area contributed by atoms with Gasteiger partial charge < -0.3 is 14.8 Å². The molecular weight excluding hydrogens is 395 g/mol. The average Bonchev–Trinajstić information content (AvgIpc) is 2.94. The number of amidine groups is 1. The fourth-order valence-corrected chi connectivity index (χ4v) is 3.76. The zero-order valence-corrected chi connectivity index (χ0v) is 16.2. The Morgan fingerprint density at radius 3 is 2.31 bits per heavy atom. The van der Waals surface area contributed by atoms with E-state index in [-0.39, 0.29) is 5.91 Å². The molecule has 26 heavy (non-hydrogen) atoms. The van der Waals surface area contributed by atoms with Crippen LogP contribution >= 0.6 is 35.0 Å². The van der Waals surface area contributed by atoms with E-state index in [1.807, 2.05) is 12.1 Å². The van der Waals surface area contributed by atoms with Gasteiger partial charge in [0.25, 0.3) is 5.91 Å². The maximum absolute atomic E-state index is 12.2. The van der Waals surface area contributed by atoms with Gasteiger partial charge in [-0.1, -0.05) is 23.2 Å². The maximum atomic E-state index is 12.2. The molecule has 8 heteroatoms. The number of hydrogen-bond donors (Lipinski definition) is 1. The van der Waals surface area contributed by atoms with Gasteiger partial charge in [0.1, 0.15) is 5.75 Å². The molecule has 2 aromatic carbocycles. The standard InChI is InChI=1S/C18H14Cl2N2O3S/c1-24-12-5-3-11(4-6-12)21-18-22-17(23)15(26-18)9-10-7-13(19)16(25-2)14(20)8-10/h3-9H,1-2H3,(H,21,22,23)/b15-9-. The van der Waals surface area contributed by atoms with Gasteiger partial charge in [-0.2, -0.15) is 0 Å². The van der Waals surface area contributed by atoms with Gasteiger partial charge in [0.05, 0.1) is 34.9 Å². The summed E-state index contributed by atoms with van der Waals surface area (Å²) in [5.41, 5.74) is 1.41. The third-order valence-corrected chi connectivity index (χ3v) is 4.95. The summed E-state index contributed by atoms with van der Waals surface area (Å²) in [6.07, 6.45) is 1.70. The van der Waals surface area contributed by atoms with E-state index in [4.69, 9.17) is 32.7 Å². The number of aliphatic imine (C=N–C) groups is 1. The third-order valence-electron chi connectivity index (χ3n) is 3.48. The van der Waals surface area contributed by atoms with Crippen LogP contribution in [-0.2, 0) is 4.79 Å². The lowest BCUT2D eigenvalue weighted by Crippen LogP contribution is -2.19. The molecule has 2 aromatic rings. The molecule has 5 nitrogen and oxygen atoms in total. The molecule has 134 valence electrons. The normalized spacial score (nSPS) is 16.8. The number of ether oxygens (including phenoxy) is 2. The van der Waals surface area contributed by atoms with Crippen LogP contribution in [0.1, 0.15) is 5.56 Å². The van der Waals surface area contributed by atoms with Crippen molar-refractivity contribution < 1.29 is 14.3 Å². The molecule has 0 atom stereocenters. The minimum absolute atomic E-state index is 0.231. The second-order valence-corrected chi connectivity index (χ2v) is 7.04. The molecule has 0 radical (unpaired) electrons. The maximum Gasteiger partial charge on any atom is 0.264 e. The average molecular weight is 409 g/mol. The Labute approximate surface area is 165 Å². The van der Waals surface area contributed by atoms with E-state index in [1.165, 1.54) is 18.9 Å². The highest BCUT2D eigenvalue weighted by Gasteiger charge is 2.24. The summed E-state index contributed by atoms with van der Waals surface area (Å²) in [5, 5.41) is 3.99. The predicted octanol–water partition coefficient (Wildman–Crippen LogP) is 4.90. The number of rotatable bonds is 4. The summed E-state index contributed by atoms with van der Waals surface area (Å²) in [4.78, 5) is 17.1. The van der Waals surface area contributed by atoms with E-state index in [9.17, 15) is 4.79 Å². The summed E-state index contributed by atoms with van der Waals surface area (Å²) in [6.45, 7) is 0. The number of nitrogens with one attached hydrogen (secondary N) is 1. The van der Waals surface area contributed by atoms with Crippen molar-refractivity contribution in [3.8, 4) is 11.5 Å². The molecule has 0 unspecified atom stereocenters. The Morgan fingerprint density at radius 1 is 1.08 bits per heavy atom. The minimum Gasteiger partial charge on any atom is -0.497 e. The molecular formula is C18H14Cl2N2O3S. The van der Waals surface area contributed by atoms with Crippen molar-refractivity contribution in [2.45, 2.75) is 0 Å². The van der Waals surface area contributed by atoms with Crippen molar-refractivity contribution in [1.82, 2.24) is 5.32 Å². The highest BCUT2D eigenvalue weighted by atomic mass is 35.5. The number of methoxy groups -OCH3 is 2. The van der Waals surface area contributed by atoms with Gasteiger partial charge in [0, 0.05) is 0 Å². The number of benzene rings is 2. The lowest BCUT2D eigenvalue weighted by atomic mass is 10.2. The SMILES string of the molecule is COc1ccc(N=C2NC(=O)/C(=C/c3cc(Cl)c(OC)c(Cl)c3)S2)cc1. The first-order valence-corrected chi connectivity index (χ1v) is 9.04. The number of nitrogens with zero attached hydrogens (tertiary/aromatic N) is 1. The summed E-state index contributed by atoms with van der Waals surface area (Å²) in [7, 11) is 3.09. The van der Waals surface area contributed by atoms with Crippen molar-refractivity contribution >= 4 is 57.8 Å². The second kappa shape index (κ2) is 8.03. The first kappa shape index (κ1) is 18.6. The lowest BCUT2D eigenvalue weighted by molar-refractivity contribution is -0.115. The molecule has 3 rings (SSSR count). The lowest BCUT2D eigenvalue weighted by Gasteiger charge is -2.06. The number of hydrogen-bond acceptors (Lipinski definition) is 5. The van der Waals surface area contributed by atoms with Gasteiger partial charge in [-0.3, -0.25) is 4.79 Å². The molecule has 1 aliphatic rings. The molecule has 0 aliphatic carbocycles. The molecule has 1 heterocycles. The van der Waals surface area contributed by atoms with Crippen molar-refractivity contribution in [1.29, 1.82) is 0 Å². The van der Waals surface area contributed by atoms with Gasteiger partial charge in [0.2, 0.25) is 0 Å². The number of halogens is 2. The van der Waals surface area contributed by atoms with Crippen molar-refractivity contribution in [3.05, 3.63) is 56.9 Å². The topological polar surface area (TPSA) is 59.9 Å². The summed E-state index contributed by atoms with van der Waals surface area (Å²) >= 11 is 13.5. The van der Waals surface area contributed by atoms with Crippen LogP contribution in [-0.4, -0.2) is 25.3 Å². The van der Waals surface area contributed by atoms with Crippen LogP contribution < -0.4 is 14.8 Å². The van der Waals surface area contributed by atoms with Crippen LogP contribution in [0.4, 0.5) is 5.69 Å². The second-order valence-electron chi connectivity index (χ2n) is 5.20. The van der Waals surface area contributed by atoms with Crippen LogP contribution in [0.15, 0.2) is 46.3 Å². The molecule has 1 amide bonds. The molecule has 0 bridgehead atoms. The van der Waals surface area contributed by atoms with Gasteiger partial charge in [-0.15, -0.1) is 0 Å². The predicted molar refractivity (Wildman–Crippen MR) is 107 cm³/mol. The Bertz CT molecular complexity index is 888. The Kier molecular flexibility index (Phi) is 5.76. The monoisotopic (exact) mass is 408 g/mol. The highest BCUT2D eigenvalue weighted by molar-refractivity contribution is 8.18. The van der Waals surface area contributed by atoms with Gasteiger partial charge in [0.15, 0.2) is 10.9 Å². The third kappa shape index (κ3) is 4.15. The van der Waals surface area contributed by atoms with E-state index in [0.29, 0.717) is 37.1 Å². The number of thioether (sulfide) groups is 1. The number of carbonyl (C=O) groups excluding carboxylic acids is 1. The smallest absolute Gasteiger partial charge is 0.264 e. The quantitative estimate of drug-likeness (QED) is 0.730. The first-order valence-electron chi connectivity index (χ1n) is 7.47. The molecule has 1 aliphatic heterocycles. The van der Waals surface area contributed by atoms with Gasteiger partial charge in [-0.25, -0.2) is 4.99 Å². The van der Waals surface area contributed by atoms with Crippen LogP contribution in [0.3, 0.4) is 0 Å². The largest absolute Gasteiger partial charge is 0.497 e. The minimum atomic E-state index is -0.231. The Hall–Kier alpha value is -2.15. The fourth-order valence-electron chi connectivity index (χ4n) is 2.26. The molecule has 1 fully saturated rings. The van der Waals surface area contributed by atoms with Crippen LogP contribution in [0.5, 0.6) is 11.5 Å². The van der Waals surface area contributed by atoms with Crippen molar-refractivity contribution in [3.63, 3.8) is 0 Å². The highest BCUT2D eigenvalue weighted by Crippen LogP contribution is 2.36. The van der Waals surface area contributed by atoms with E-state index >= 15 is 0 Å². The van der Waals surface area contributed by atoms with Crippen LogP contribution in [0.25, 0.3) is 6.08 Å². The Balaban J connectivity index is 1.83. The van der Waals surface area contributed by atoms with Crippen LogP contribution in [0, 0.1) is 0 Å². The zero-order valence-electron chi connectivity index (χ0n) is 13.9. The van der Waals surface area contributed by atoms with E-state index in [2.05, 4.69) is 10.3 Å². The van der Waals surface area contributed by atoms with E-state index < -0.39 is 0 Å². The number of carbonyl (C=O) groups is 1.